The van der Waals surface area contributed by atoms with Crippen molar-refractivity contribution in [2.24, 2.45) is 0 Å². The van der Waals surface area contributed by atoms with E-state index in [4.69, 9.17) is 10.00 Å². The molecule has 2 aromatic carbocycles. The number of rotatable bonds is 9. The molecule has 27 heavy (non-hydrogen) atoms. The van der Waals surface area contributed by atoms with Gasteiger partial charge in [0.05, 0.1) is 18.7 Å². The number of amides is 2. The molecular weight excluding hydrogens is 362 g/mol. The average Bonchev–Trinajstić information content (AvgIpc) is 2.71. The van der Waals surface area contributed by atoms with Crippen LogP contribution in [0.2, 0.25) is 0 Å². The number of nitriles is 1. The number of thioether (sulfide) groups is 1. The monoisotopic (exact) mass is 383 g/mol. The highest BCUT2D eigenvalue weighted by atomic mass is 32.2. The Bertz CT molecular complexity index is 806. The third-order valence-electron chi connectivity index (χ3n) is 3.71. The van der Waals surface area contributed by atoms with Crippen molar-refractivity contribution in [2.75, 3.05) is 19.4 Å². The van der Waals surface area contributed by atoms with Gasteiger partial charge in [0.1, 0.15) is 18.3 Å². The van der Waals surface area contributed by atoms with Crippen LogP contribution in [0.25, 0.3) is 0 Å². The summed E-state index contributed by atoms with van der Waals surface area (Å²) in [5, 5.41) is 13.9. The molecule has 0 saturated carbocycles. The van der Waals surface area contributed by atoms with Gasteiger partial charge < -0.3 is 15.4 Å². The van der Waals surface area contributed by atoms with Crippen LogP contribution in [0.4, 0.5) is 0 Å². The van der Waals surface area contributed by atoms with Crippen LogP contribution in [0.3, 0.4) is 0 Å². The lowest BCUT2D eigenvalue weighted by Crippen LogP contribution is -2.48. The van der Waals surface area contributed by atoms with E-state index in [2.05, 4.69) is 10.6 Å². The van der Waals surface area contributed by atoms with Crippen molar-refractivity contribution in [2.45, 2.75) is 11.8 Å². The van der Waals surface area contributed by atoms with Crippen molar-refractivity contribution < 1.29 is 14.3 Å². The lowest BCUT2D eigenvalue weighted by atomic mass is 10.1. The minimum atomic E-state index is -0.760. The molecule has 0 radical (unpaired) electrons. The number of nitrogens with one attached hydrogen (secondary N) is 2. The van der Waals surface area contributed by atoms with Crippen molar-refractivity contribution in [3.8, 4) is 11.8 Å². The fourth-order valence-electron chi connectivity index (χ4n) is 2.37. The second-order valence-corrected chi connectivity index (χ2v) is 6.63. The Balaban J connectivity index is 2.03. The fraction of sp³-hybridized carbons (Fsp3) is 0.250. The van der Waals surface area contributed by atoms with Gasteiger partial charge in [0.25, 0.3) is 5.91 Å². The van der Waals surface area contributed by atoms with Crippen molar-refractivity contribution >= 4 is 23.6 Å². The van der Waals surface area contributed by atoms with Gasteiger partial charge in [-0.25, -0.2) is 0 Å². The Morgan fingerprint density at radius 2 is 1.85 bits per heavy atom. The molecule has 0 aliphatic heterocycles. The molecule has 2 N–H and O–H groups in total. The smallest absolute Gasteiger partial charge is 0.255 e. The zero-order valence-corrected chi connectivity index (χ0v) is 15.8. The van der Waals surface area contributed by atoms with Crippen molar-refractivity contribution in [1.82, 2.24) is 10.6 Å². The van der Waals surface area contributed by atoms with E-state index in [1.807, 2.05) is 36.4 Å². The van der Waals surface area contributed by atoms with Crippen LogP contribution in [0.5, 0.6) is 5.75 Å². The van der Waals surface area contributed by atoms with Gasteiger partial charge in [0.15, 0.2) is 0 Å². The highest BCUT2D eigenvalue weighted by Gasteiger charge is 2.22. The van der Waals surface area contributed by atoms with Gasteiger partial charge in [0.2, 0.25) is 5.91 Å². The summed E-state index contributed by atoms with van der Waals surface area (Å²) >= 11 is 1.53. The minimum absolute atomic E-state index is 0.108. The molecule has 140 valence electrons. The third-order valence-corrected chi connectivity index (χ3v) is 4.82. The van der Waals surface area contributed by atoms with E-state index in [1.165, 1.54) is 18.9 Å². The molecule has 0 heterocycles. The van der Waals surface area contributed by atoms with Crippen LogP contribution in [0.1, 0.15) is 15.9 Å². The summed E-state index contributed by atoms with van der Waals surface area (Å²) in [7, 11) is 1.49. The summed E-state index contributed by atoms with van der Waals surface area (Å²) in [5.74, 6) is 0.744. The number of carbonyl (C=O) groups is 2. The maximum Gasteiger partial charge on any atom is 0.255 e. The Morgan fingerprint density at radius 1 is 1.15 bits per heavy atom. The number of nitrogens with zero attached hydrogens (tertiary/aromatic N) is 1. The van der Waals surface area contributed by atoms with Gasteiger partial charge in [-0.1, -0.05) is 42.5 Å². The zero-order valence-electron chi connectivity index (χ0n) is 15.0. The van der Waals surface area contributed by atoms with Gasteiger partial charge in [0, 0.05) is 11.5 Å². The quantitative estimate of drug-likeness (QED) is 0.649. The summed E-state index contributed by atoms with van der Waals surface area (Å²) < 4.78 is 5.20. The van der Waals surface area contributed by atoms with E-state index in [0.29, 0.717) is 22.8 Å². The standard InChI is InChI=1S/C20H21N3O3S/c1-26-18-10-6-5-9-16(18)19(24)23-17(20(25)22-12-11-21)14-27-13-15-7-3-2-4-8-15/h2-10,17H,12-14H2,1H3,(H,22,25)(H,23,24). The molecule has 7 heteroatoms. The first-order chi connectivity index (χ1) is 13.2. The predicted molar refractivity (Wildman–Crippen MR) is 105 cm³/mol. The van der Waals surface area contributed by atoms with Gasteiger partial charge >= 0.3 is 0 Å². The summed E-state index contributed by atoms with van der Waals surface area (Å²) in [5.41, 5.74) is 1.49. The number of para-hydroxylation sites is 1. The van der Waals surface area contributed by atoms with Gasteiger partial charge in [-0.2, -0.15) is 17.0 Å². The number of hydrogen-bond donors (Lipinski definition) is 2. The number of benzene rings is 2. The van der Waals surface area contributed by atoms with Crippen LogP contribution in [-0.2, 0) is 10.5 Å². The van der Waals surface area contributed by atoms with E-state index in [1.54, 1.807) is 24.3 Å². The zero-order chi connectivity index (χ0) is 19.5. The van der Waals surface area contributed by atoms with Crippen LogP contribution < -0.4 is 15.4 Å². The normalized spacial score (nSPS) is 11.1. The second kappa shape index (κ2) is 10.9. The van der Waals surface area contributed by atoms with Gasteiger partial charge in [-0.15, -0.1) is 0 Å². The second-order valence-electron chi connectivity index (χ2n) is 5.60. The molecule has 1 atom stereocenters. The van der Waals surface area contributed by atoms with E-state index in [9.17, 15) is 9.59 Å². The predicted octanol–water partition coefficient (Wildman–Crippen LogP) is 2.37. The van der Waals surface area contributed by atoms with E-state index >= 15 is 0 Å². The Morgan fingerprint density at radius 3 is 2.56 bits per heavy atom. The molecule has 0 bridgehead atoms. The highest BCUT2D eigenvalue weighted by Crippen LogP contribution is 2.18. The molecule has 6 nitrogen and oxygen atoms in total. The Labute approximate surface area is 162 Å². The lowest BCUT2D eigenvalue weighted by molar-refractivity contribution is -0.122. The molecule has 0 aliphatic rings. The number of carbonyl (C=O) groups excluding carboxylic acids is 2. The molecule has 1 unspecified atom stereocenters. The molecule has 0 fully saturated rings. The van der Waals surface area contributed by atoms with Crippen LogP contribution in [-0.4, -0.2) is 37.3 Å². The number of methoxy groups -OCH3 is 1. The topological polar surface area (TPSA) is 91.2 Å². The SMILES string of the molecule is COc1ccccc1C(=O)NC(CSCc1ccccc1)C(=O)NCC#N. The molecule has 2 aromatic rings. The molecule has 0 spiro atoms. The fourth-order valence-corrected chi connectivity index (χ4v) is 3.39. The molecule has 2 rings (SSSR count). The molecule has 0 aliphatic carbocycles. The van der Waals surface area contributed by atoms with Crippen LogP contribution in [0.15, 0.2) is 54.6 Å². The molecule has 0 aromatic heterocycles. The first-order valence-corrected chi connectivity index (χ1v) is 9.51. The van der Waals surface area contributed by atoms with Gasteiger partial charge in [-0.3, -0.25) is 9.59 Å². The lowest BCUT2D eigenvalue weighted by Gasteiger charge is -2.18. The Kier molecular flexibility index (Phi) is 8.20. The first-order valence-electron chi connectivity index (χ1n) is 8.36. The van der Waals surface area contributed by atoms with E-state index in [0.717, 1.165) is 5.56 Å². The maximum absolute atomic E-state index is 12.6. The average molecular weight is 383 g/mol. The summed E-state index contributed by atoms with van der Waals surface area (Å²) in [6.45, 7) is -0.108. The Hall–Kier alpha value is -2.98. The van der Waals surface area contributed by atoms with E-state index < -0.39 is 11.9 Å². The minimum Gasteiger partial charge on any atom is -0.496 e. The van der Waals surface area contributed by atoms with Crippen molar-refractivity contribution in [1.29, 1.82) is 5.26 Å². The number of ether oxygens (including phenoxy) is 1. The van der Waals surface area contributed by atoms with Crippen molar-refractivity contribution in [3.63, 3.8) is 0 Å². The maximum atomic E-state index is 12.6. The number of hydrogen-bond acceptors (Lipinski definition) is 5. The summed E-state index contributed by atoms with van der Waals surface area (Å²) in [4.78, 5) is 24.9. The summed E-state index contributed by atoms with van der Waals surface area (Å²) in [6, 6.07) is 17.8. The first kappa shape index (κ1) is 20.3. The third kappa shape index (κ3) is 6.35. The molecule has 2 amide bonds. The van der Waals surface area contributed by atoms with Crippen LogP contribution in [0, 0.1) is 11.3 Å². The van der Waals surface area contributed by atoms with Gasteiger partial charge in [-0.05, 0) is 17.7 Å². The molecular formula is C20H21N3O3S. The summed E-state index contributed by atoms with van der Waals surface area (Å²) in [6.07, 6.45) is 0. The highest BCUT2D eigenvalue weighted by molar-refractivity contribution is 7.98. The largest absolute Gasteiger partial charge is 0.496 e. The van der Waals surface area contributed by atoms with E-state index in [-0.39, 0.29) is 12.5 Å². The van der Waals surface area contributed by atoms with Crippen molar-refractivity contribution in [3.05, 3.63) is 65.7 Å². The molecule has 0 saturated heterocycles. The van der Waals surface area contributed by atoms with Crippen LogP contribution >= 0.6 is 11.8 Å².